The summed E-state index contributed by atoms with van der Waals surface area (Å²) < 4.78 is 19.8. The number of aromatic nitrogens is 4. The minimum absolute atomic E-state index is 0.358. The maximum atomic E-state index is 6.11. The number of oxazole rings is 1. The van der Waals surface area contributed by atoms with Gasteiger partial charge >= 0.3 is 0 Å². The second-order valence-electron chi connectivity index (χ2n) is 7.02. The number of hydrogen-bond donors (Lipinski definition) is 0. The van der Waals surface area contributed by atoms with Gasteiger partial charge in [-0.15, -0.1) is 16.8 Å². The van der Waals surface area contributed by atoms with Crippen molar-refractivity contribution in [2.24, 2.45) is 0 Å². The highest BCUT2D eigenvalue weighted by Crippen LogP contribution is 2.36. The van der Waals surface area contributed by atoms with E-state index in [1.54, 1.807) is 12.3 Å². The van der Waals surface area contributed by atoms with Gasteiger partial charge in [-0.1, -0.05) is 53.7 Å². The Morgan fingerprint density at radius 1 is 1.16 bits per heavy atom. The number of fused-ring (bicyclic) bond motifs is 1. The van der Waals surface area contributed by atoms with Gasteiger partial charge in [0, 0.05) is 17.1 Å². The molecule has 0 bridgehead atoms. The summed E-state index contributed by atoms with van der Waals surface area (Å²) in [4.78, 5) is 4.38. The molecule has 0 amide bonds. The van der Waals surface area contributed by atoms with Crippen molar-refractivity contribution in [2.75, 3.05) is 6.61 Å². The highest BCUT2D eigenvalue weighted by atomic mass is 35.5. The van der Waals surface area contributed by atoms with Crippen LogP contribution in [-0.2, 0) is 12.3 Å². The Hall–Kier alpha value is -3.23. The van der Waals surface area contributed by atoms with Gasteiger partial charge in [-0.2, -0.15) is 0 Å². The van der Waals surface area contributed by atoms with Gasteiger partial charge in [-0.3, -0.25) is 4.57 Å². The summed E-state index contributed by atoms with van der Waals surface area (Å²) >= 11 is 7.56. The molecule has 1 aliphatic rings. The fourth-order valence-electron chi connectivity index (χ4n) is 3.37. The Kier molecular flexibility index (Phi) is 5.87. The van der Waals surface area contributed by atoms with Crippen LogP contribution in [-0.4, -0.2) is 26.4 Å². The average molecular weight is 467 g/mol. The van der Waals surface area contributed by atoms with E-state index >= 15 is 0 Å². The monoisotopic (exact) mass is 466 g/mol. The molecule has 7 nitrogen and oxygen atoms in total. The first-order valence-electron chi connectivity index (χ1n) is 9.97. The van der Waals surface area contributed by atoms with Gasteiger partial charge in [-0.05, 0) is 24.3 Å². The van der Waals surface area contributed by atoms with E-state index in [9.17, 15) is 0 Å². The normalized spacial score (nSPS) is 15.0. The van der Waals surface area contributed by atoms with E-state index in [-0.39, 0.29) is 6.10 Å². The van der Waals surface area contributed by atoms with Gasteiger partial charge in [-0.25, -0.2) is 4.98 Å². The van der Waals surface area contributed by atoms with Gasteiger partial charge < -0.3 is 13.9 Å². The molecule has 2 aromatic carbocycles. The van der Waals surface area contributed by atoms with Gasteiger partial charge in [0.25, 0.3) is 0 Å². The largest absolute Gasteiger partial charge is 0.485 e. The summed E-state index contributed by atoms with van der Waals surface area (Å²) in [7, 11) is 0. The third-order valence-corrected chi connectivity index (χ3v) is 6.03. The Balaban J connectivity index is 1.32. The Morgan fingerprint density at radius 2 is 2.03 bits per heavy atom. The molecular formula is C23H19ClN4O3S. The van der Waals surface area contributed by atoms with Crippen LogP contribution in [0, 0.1) is 0 Å². The van der Waals surface area contributed by atoms with Crippen LogP contribution in [0.3, 0.4) is 0 Å². The molecule has 2 aromatic heterocycles. The van der Waals surface area contributed by atoms with E-state index < -0.39 is 0 Å². The number of hydrogen-bond acceptors (Lipinski definition) is 7. The van der Waals surface area contributed by atoms with E-state index in [1.165, 1.54) is 11.8 Å². The summed E-state index contributed by atoms with van der Waals surface area (Å²) in [6, 6.07) is 15.1. The molecule has 1 unspecified atom stereocenters. The lowest BCUT2D eigenvalue weighted by Crippen LogP contribution is -2.25. The summed E-state index contributed by atoms with van der Waals surface area (Å²) in [5.74, 6) is 3.87. The fourth-order valence-corrected chi connectivity index (χ4v) is 4.37. The van der Waals surface area contributed by atoms with E-state index in [1.807, 2.05) is 53.1 Å². The second-order valence-corrected chi connectivity index (χ2v) is 8.40. The lowest BCUT2D eigenvalue weighted by molar-refractivity contribution is 0.0821. The van der Waals surface area contributed by atoms with Gasteiger partial charge in [0.05, 0.1) is 11.9 Å². The third kappa shape index (κ3) is 4.24. The van der Waals surface area contributed by atoms with Crippen molar-refractivity contribution in [2.45, 2.75) is 23.6 Å². The molecule has 32 heavy (non-hydrogen) atoms. The first-order chi connectivity index (χ1) is 15.7. The van der Waals surface area contributed by atoms with Crippen molar-refractivity contribution in [1.29, 1.82) is 0 Å². The molecule has 3 heterocycles. The van der Waals surface area contributed by atoms with Crippen molar-refractivity contribution in [3.05, 3.63) is 84.1 Å². The van der Waals surface area contributed by atoms with Crippen molar-refractivity contribution in [3.63, 3.8) is 0 Å². The zero-order valence-corrected chi connectivity index (χ0v) is 18.6. The summed E-state index contributed by atoms with van der Waals surface area (Å²) in [6.45, 7) is 4.77. The summed E-state index contributed by atoms with van der Waals surface area (Å²) in [5.41, 5.74) is 0.882. The fraction of sp³-hybridized carbons (Fsp3) is 0.174. The lowest BCUT2D eigenvalue weighted by Gasteiger charge is -2.26. The van der Waals surface area contributed by atoms with E-state index in [0.717, 1.165) is 16.5 Å². The van der Waals surface area contributed by atoms with Crippen LogP contribution in [0.2, 0.25) is 5.02 Å². The minimum atomic E-state index is -0.358. The van der Waals surface area contributed by atoms with Crippen LogP contribution < -0.4 is 9.47 Å². The summed E-state index contributed by atoms with van der Waals surface area (Å²) in [6.07, 6.45) is 3.14. The number of para-hydroxylation sites is 2. The standard InChI is InChI=1S/C23H19ClN4O3S/c1-2-10-28-22(20-13-29-17-8-3-4-9-18(17)30-20)26-27-23(28)32-14-21-25-12-19(31-21)15-6-5-7-16(24)11-15/h2-9,11-12,20H,1,10,13-14H2. The molecule has 0 spiro atoms. The smallest absolute Gasteiger partial charge is 0.205 e. The van der Waals surface area contributed by atoms with Crippen LogP contribution >= 0.6 is 23.4 Å². The zero-order valence-electron chi connectivity index (χ0n) is 17.0. The van der Waals surface area contributed by atoms with Crippen LogP contribution in [0.15, 0.2) is 77.0 Å². The Morgan fingerprint density at radius 3 is 2.88 bits per heavy atom. The number of allylic oxidation sites excluding steroid dienone is 1. The number of nitrogens with zero attached hydrogens (tertiary/aromatic N) is 4. The Bertz CT molecular complexity index is 1260. The topological polar surface area (TPSA) is 75.2 Å². The number of halogens is 1. The highest BCUT2D eigenvalue weighted by molar-refractivity contribution is 7.98. The minimum Gasteiger partial charge on any atom is -0.485 e. The van der Waals surface area contributed by atoms with Crippen molar-refractivity contribution in [3.8, 4) is 22.8 Å². The van der Waals surface area contributed by atoms with E-state index in [0.29, 0.717) is 47.2 Å². The molecule has 4 aromatic rings. The van der Waals surface area contributed by atoms with Crippen molar-refractivity contribution < 1.29 is 13.9 Å². The quantitative estimate of drug-likeness (QED) is 0.260. The van der Waals surface area contributed by atoms with Crippen LogP contribution in [0.1, 0.15) is 17.8 Å². The molecule has 9 heteroatoms. The second kappa shape index (κ2) is 9.10. The molecule has 0 fully saturated rings. The molecule has 0 saturated carbocycles. The molecule has 162 valence electrons. The number of ether oxygens (including phenoxy) is 2. The maximum absolute atomic E-state index is 6.11. The van der Waals surface area contributed by atoms with Crippen LogP contribution in [0.5, 0.6) is 11.5 Å². The van der Waals surface area contributed by atoms with Gasteiger partial charge in [0.15, 0.2) is 34.3 Å². The molecule has 0 radical (unpaired) electrons. The highest BCUT2D eigenvalue weighted by Gasteiger charge is 2.28. The molecule has 0 N–H and O–H groups in total. The zero-order chi connectivity index (χ0) is 21.9. The number of thioether (sulfide) groups is 1. The maximum Gasteiger partial charge on any atom is 0.205 e. The molecule has 1 atom stereocenters. The first kappa shape index (κ1) is 20.7. The number of rotatable bonds is 7. The Labute approximate surface area is 194 Å². The third-order valence-electron chi connectivity index (χ3n) is 4.84. The molecule has 0 aliphatic carbocycles. The van der Waals surface area contributed by atoms with E-state index in [2.05, 4.69) is 21.8 Å². The lowest BCUT2D eigenvalue weighted by atomic mass is 10.2. The SMILES string of the molecule is C=CCn1c(SCc2ncc(-c3cccc(Cl)c3)o2)nnc1C1COc2ccccc2O1. The average Bonchev–Trinajstić information content (AvgIpc) is 3.45. The number of benzene rings is 2. The van der Waals surface area contributed by atoms with Crippen molar-refractivity contribution in [1.82, 2.24) is 19.7 Å². The predicted octanol–water partition coefficient (Wildman–Crippen LogP) is 5.58. The predicted molar refractivity (Wildman–Crippen MR) is 122 cm³/mol. The van der Waals surface area contributed by atoms with Gasteiger partial charge in [0.2, 0.25) is 5.89 Å². The summed E-state index contributed by atoms with van der Waals surface area (Å²) in [5, 5.41) is 10.1. The molecule has 5 rings (SSSR count). The van der Waals surface area contributed by atoms with Crippen LogP contribution in [0.25, 0.3) is 11.3 Å². The molecule has 0 saturated heterocycles. The van der Waals surface area contributed by atoms with Crippen molar-refractivity contribution >= 4 is 23.4 Å². The van der Waals surface area contributed by atoms with E-state index in [4.69, 9.17) is 25.5 Å². The molecule has 1 aliphatic heterocycles. The van der Waals surface area contributed by atoms with Gasteiger partial charge in [0.1, 0.15) is 6.61 Å². The van der Waals surface area contributed by atoms with Crippen LogP contribution in [0.4, 0.5) is 0 Å². The first-order valence-corrected chi connectivity index (χ1v) is 11.3. The molecular weight excluding hydrogens is 448 g/mol.